The first-order valence-electron chi connectivity index (χ1n) is 7.93. The fourth-order valence-corrected chi connectivity index (χ4v) is 3.38. The molecule has 0 spiro atoms. The molecule has 3 rings (SSSR count). The molecular weight excluding hydrogens is 309 g/mol. The van der Waals surface area contributed by atoms with Crippen molar-refractivity contribution in [3.63, 3.8) is 0 Å². The summed E-state index contributed by atoms with van der Waals surface area (Å²) in [6, 6.07) is 12.9. The SMILES string of the molecule is O=C(O)c1ccc(F)c(NC(=O)C2(c3ccccc3)CCCC2)c1. The van der Waals surface area contributed by atoms with E-state index in [2.05, 4.69) is 5.32 Å². The lowest BCUT2D eigenvalue weighted by atomic mass is 9.78. The maximum absolute atomic E-state index is 14.0. The molecule has 1 aliphatic carbocycles. The van der Waals surface area contributed by atoms with Crippen LogP contribution in [0.3, 0.4) is 0 Å². The van der Waals surface area contributed by atoms with Gasteiger partial charge in [-0.25, -0.2) is 9.18 Å². The standard InChI is InChI=1S/C19H18FNO3/c20-15-9-8-13(17(22)23)12-16(15)21-18(24)19(10-4-5-11-19)14-6-2-1-3-7-14/h1-3,6-9,12H,4-5,10-11H2,(H,21,24)(H,22,23). The predicted octanol–water partition coefficient (Wildman–Crippen LogP) is 3.97. The highest BCUT2D eigenvalue weighted by molar-refractivity contribution is 6.00. The Morgan fingerprint density at radius 2 is 1.71 bits per heavy atom. The summed E-state index contributed by atoms with van der Waals surface area (Å²) in [5.41, 5.74) is 0.0659. The van der Waals surface area contributed by atoms with Crippen LogP contribution in [0, 0.1) is 5.82 Å². The van der Waals surface area contributed by atoms with E-state index in [-0.39, 0.29) is 17.2 Å². The number of carbonyl (C=O) groups excluding carboxylic acids is 1. The number of carboxylic acids is 1. The van der Waals surface area contributed by atoms with E-state index in [0.717, 1.165) is 30.5 Å². The van der Waals surface area contributed by atoms with Crippen LogP contribution >= 0.6 is 0 Å². The second kappa shape index (κ2) is 6.43. The normalized spacial score (nSPS) is 15.9. The molecule has 0 atom stereocenters. The highest BCUT2D eigenvalue weighted by atomic mass is 19.1. The van der Waals surface area contributed by atoms with Gasteiger partial charge >= 0.3 is 5.97 Å². The van der Waals surface area contributed by atoms with Crippen LogP contribution in [0.25, 0.3) is 0 Å². The number of amides is 1. The van der Waals surface area contributed by atoms with Crippen LogP contribution in [0.2, 0.25) is 0 Å². The van der Waals surface area contributed by atoms with Gasteiger partial charge in [0.15, 0.2) is 0 Å². The number of hydrogen-bond acceptors (Lipinski definition) is 2. The van der Waals surface area contributed by atoms with Gasteiger partial charge in [-0.2, -0.15) is 0 Å². The summed E-state index contributed by atoms with van der Waals surface area (Å²) in [6.07, 6.45) is 3.26. The quantitative estimate of drug-likeness (QED) is 0.893. The number of nitrogens with one attached hydrogen (secondary N) is 1. The van der Waals surface area contributed by atoms with E-state index in [0.29, 0.717) is 12.8 Å². The van der Waals surface area contributed by atoms with E-state index in [1.807, 2.05) is 30.3 Å². The first kappa shape index (κ1) is 16.2. The number of benzene rings is 2. The number of rotatable bonds is 4. The Hall–Kier alpha value is -2.69. The highest BCUT2D eigenvalue weighted by Gasteiger charge is 2.42. The summed E-state index contributed by atoms with van der Waals surface area (Å²) in [5.74, 6) is -2.09. The Morgan fingerprint density at radius 1 is 1.04 bits per heavy atom. The predicted molar refractivity (Wildman–Crippen MR) is 88.6 cm³/mol. The summed E-state index contributed by atoms with van der Waals surface area (Å²) in [6.45, 7) is 0. The second-order valence-electron chi connectivity index (χ2n) is 6.11. The molecule has 5 heteroatoms. The van der Waals surface area contributed by atoms with Gasteiger partial charge in [-0.3, -0.25) is 4.79 Å². The van der Waals surface area contributed by atoms with Gasteiger partial charge in [-0.1, -0.05) is 43.2 Å². The second-order valence-corrected chi connectivity index (χ2v) is 6.11. The Labute approximate surface area is 139 Å². The molecule has 0 radical (unpaired) electrons. The van der Waals surface area contributed by atoms with E-state index in [1.165, 1.54) is 6.07 Å². The Morgan fingerprint density at radius 3 is 2.33 bits per heavy atom. The molecule has 1 fully saturated rings. The fraction of sp³-hybridized carbons (Fsp3) is 0.263. The minimum absolute atomic E-state index is 0.0631. The first-order chi connectivity index (χ1) is 11.5. The summed E-state index contributed by atoms with van der Waals surface area (Å²) in [4.78, 5) is 24.0. The zero-order valence-electron chi connectivity index (χ0n) is 13.1. The summed E-state index contributed by atoms with van der Waals surface area (Å²) in [7, 11) is 0. The molecule has 0 bridgehead atoms. The average Bonchev–Trinajstić information content (AvgIpc) is 3.08. The molecule has 0 saturated heterocycles. The number of carbonyl (C=O) groups is 2. The number of hydrogen-bond donors (Lipinski definition) is 2. The number of halogens is 1. The molecule has 0 heterocycles. The van der Waals surface area contributed by atoms with Crippen molar-refractivity contribution in [3.8, 4) is 0 Å². The molecular formula is C19H18FNO3. The van der Waals surface area contributed by atoms with E-state index >= 15 is 0 Å². The van der Waals surface area contributed by atoms with Gasteiger partial charge in [0.05, 0.1) is 16.7 Å². The third-order valence-electron chi connectivity index (χ3n) is 4.68. The molecule has 24 heavy (non-hydrogen) atoms. The molecule has 1 aliphatic rings. The number of anilines is 1. The van der Waals surface area contributed by atoms with Gasteiger partial charge in [0.25, 0.3) is 0 Å². The maximum atomic E-state index is 14.0. The van der Waals surface area contributed by atoms with Gasteiger partial charge in [0.1, 0.15) is 5.82 Å². The lowest BCUT2D eigenvalue weighted by molar-refractivity contribution is -0.121. The molecule has 0 unspecified atom stereocenters. The Balaban J connectivity index is 1.93. The van der Waals surface area contributed by atoms with E-state index in [4.69, 9.17) is 5.11 Å². The molecule has 1 amide bonds. The van der Waals surface area contributed by atoms with Crippen molar-refractivity contribution in [1.29, 1.82) is 0 Å². The van der Waals surface area contributed by atoms with Gasteiger partial charge < -0.3 is 10.4 Å². The largest absolute Gasteiger partial charge is 0.478 e. The molecule has 2 N–H and O–H groups in total. The van der Waals surface area contributed by atoms with E-state index in [1.54, 1.807) is 0 Å². The summed E-state index contributed by atoms with van der Waals surface area (Å²) < 4.78 is 14.0. The molecule has 2 aromatic rings. The minimum atomic E-state index is -1.16. The molecule has 4 nitrogen and oxygen atoms in total. The highest BCUT2D eigenvalue weighted by Crippen LogP contribution is 2.42. The van der Waals surface area contributed by atoms with Crippen LogP contribution in [0.15, 0.2) is 48.5 Å². The van der Waals surface area contributed by atoms with Crippen LogP contribution in [0.5, 0.6) is 0 Å². The minimum Gasteiger partial charge on any atom is -0.478 e. The number of carboxylic acid groups (broad SMARTS) is 1. The molecule has 0 aromatic heterocycles. The van der Waals surface area contributed by atoms with Crippen molar-refractivity contribution in [3.05, 3.63) is 65.5 Å². The van der Waals surface area contributed by atoms with Crippen molar-refractivity contribution in [2.45, 2.75) is 31.1 Å². The van der Waals surface area contributed by atoms with E-state index in [9.17, 15) is 14.0 Å². The van der Waals surface area contributed by atoms with Crippen molar-refractivity contribution in [2.24, 2.45) is 0 Å². The van der Waals surface area contributed by atoms with Crippen molar-refractivity contribution in [1.82, 2.24) is 0 Å². The molecule has 124 valence electrons. The Kier molecular flexibility index (Phi) is 4.34. The van der Waals surface area contributed by atoms with Crippen LogP contribution in [0.1, 0.15) is 41.6 Å². The lowest BCUT2D eigenvalue weighted by Crippen LogP contribution is -2.38. The van der Waals surface area contributed by atoms with Gasteiger partial charge in [-0.15, -0.1) is 0 Å². The van der Waals surface area contributed by atoms with Gasteiger partial charge in [0.2, 0.25) is 5.91 Å². The van der Waals surface area contributed by atoms with Gasteiger partial charge in [-0.05, 0) is 36.6 Å². The van der Waals surface area contributed by atoms with Crippen LogP contribution < -0.4 is 5.32 Å². The Bertz CT molecular complexity index is 767. The zero-order chi connectivity index (χ0) is 17.2. The first-order valence-corrected chi connectivity index (χ1v) is 7.93. The molecule has 0 aliphatic heterocycles. The van der Waals surface area contributed by atoms with Crippen LogP contribution in [0.4, 0.5) is 10.1 Å². The van der Waals surface area contributed by atoms with Crippen molar-refractivity contribution >= 4 is 17.6 Å². The summed E-state index contributed by atoms with van der Waals surface area (Å²) >= 11 is 0. The van der Waals surface area contributed by atoms with Gasteiger partial charge in [0, 0.05) is 0 Å². The monoisotopic (exact) mass is 327 g/mol. The van der Waals surface area contributed by atoms with Crippen molar-refractivity contribution < 1.29 is 19.1 Å². The summed E-state index contributed by atoms with van der Waals surface area (Å²) in [5, 5.41) is 11.6. The fourth-order valence-electron chi connectivity index (χ4n) is 3.38. The third-order valence-corrected chi connectivity index (χ3v) is 4.68. The smallest absolute Gasteiger partial charge is 0.335 e. The third kappa shape index (κ3) is 2.89. The average molecular weight is 327 g/mol. The number of aromatic carboxylic acids is 1. The lowest BCUT2D eigenvalue weighted by Gasteiger charge is -2.28. The zero-order valence-corrected chi connectivity index (χ0v) is 13.1. The van der Waals surface area contributed by atoms with Crippen LogP contribution in [-0.2, 0) is 10.2 Å². The molecule has 2 aromatic carbocycles. The topological polar surface area (TPSA) is 66.4 Å². The van der Waals surface area contributed by atoms with Crippen molar-refractivity contribution in [2.75, 3.05) is 5.32 Å². The van der Waals surface area contributed by atoms with Crippen LogP contribution in [-0.4, -0.2) is 17.0 Å². The van der Waals surface area contributed by atoms with E-state index < -0.39 is 17.2 Å². The maximum Gasteiger partial charge on any atom is 0.335 e. The molecule has 1 saturated carbocycles.